The van der Waals surface area contributed by atoms with Gasteiger partial charge in [-0.3, -0.25) is 9.59 Å². The van der Waals surface area contributed by atoms with E-state index >= 15 is 0 Å². The Hall–Kier alpha value is -0.910. The molecule has 5 nitrogen and oxygen atoms in total. The molecule has 0 aromatic rings. The van der Waals surface area contributed by atoms with Crippen molar-refractivity contribution in [3.8, 4) is 0 Å². The van der Waals surface area contributed by atoms with Gasteiger partial charge in [-0.25, -0.2) is 8.42 Å². The topological polar surface area (TPSA) is 77.5 Å². The smallest absolute Gasteiger partial charge is 0.321 e. The first-order valence-corrected chi connectivity index (χ1v) is 8.15. The van der Waals surface area contributed by atoms with Crippen LogP contribution in [0.5, 0.6) is 0 Å². The summed E-state index contributed by atoms with van der Waals surface area (Å²) in [5.41, 5.74) is 0. The van der Waals surface area contributed by atoms with Crippen molar-refractivity contribution >= 4 is 21.6 Å². The average molecular weight is 276 g/mol. The monoisotopic (exact) mass is 276 g/mol. The first-order chi connectivity index (χ1) is 8.44. The SMILES string of the molecule is CCOC(=O)CS(=O)(=O)CC(=O)C1CCCCC1. The third-order valence-electron chi connectivity index (χ3n) is 3.07. The Morgan fingerprint density at radius 2 is 1.72 bits per heavy atom. The Morgan fingerprint density at radius 1 is 1.11 bits per heavy atom. The van der Waals surface area contributed by atoms with Crippen LogP contribution in [0, 0.1) is 5.92 Å². The van der Waals surface area contributed by atoms with E-state index < -0.39 is 27.3 Å². The van der Waals surface area contributed by atoms with E-state index in [1.807, 2.05) is 0 Å². The lowest BCUT2D eigenvalue weighted by Crippen LogP contribution is -2.29. The maximum Gasteiger partial charge on any atom is 0.321 e. The summed E-state index contributed by atoms with van der Waals surface area (Å²) >= 11 is 0. The molecule has 0 N–H and O–H groups in total. The van der Waals surface area contributed by atoms with Crippen LogP contribution in [0.25, 0.3) is 0 Å². The van der Waals surface area contributed by atoms with E-state index in [2.05, 4.69) is 4.74 Å². The molecule has 0 atom stereocenters. The molecule has 6 heteroatoms. The molecule has 1 aliphatic carbocycles. The average Bonchev–Trinajstić information content (AvgIpc) is 2.29. The molecule has 104 valence electrons. The van der Waals surface area contributed by atoms with Gasteiger partial charge in [0.25, 0.3) is 0 Å². The van der Waals surface area contributed by atoms with E-state index in [1.165, 1.54) is 0 Å². The number of sulfone groups is 1. The lowest BCUT2D eigenvalue weighted by molar-refractivity contribution is -0.139. The highest BCUT2D eigenvalue weighted by atomic mass is 32.2. The van der Waals surface area contributed by atoms with Crippen LogP contribution in [0.1, 0.15) is 39.0 Å². The number of hydrogen-bond acceptors (Lipinski definition) is 5. The van der Waals surface area contributed by atoms with Crippen LogP contribution in [0.15, 0.2) is 0 Å². The molecule has 0 aromatic carbocycles. The van der Waals surface area contributed by atoms with Crippen LogP contribution in [-0.4, -0.2) is 38.3 Å². The third-order valence-corrected chi connectivity index (χ3v) is 4.47. The minimum absolute atomic E-state index is 0.143. The third kappa shape index (κ3) is 5.16. The molecule has 0 aliphatic heterocycles. The van der Waals surface area contributed by atoms with Gasteiger partial charge in [-0.1, -0.05) is 19.3 Å². The Morgan fingerprint density at radius 3 is 2.28 bits per heavy atom. The number of carbonyl (C=O) groups excluding carboxylic acids is 2. The van der Waals surface area contributed by atoms with Crippen LogP contribution < -0.4 is 0 Å². The van der Waals surface area contributed by atoms with E-state index in [0.29, 0.717) is 0 Å². The molecule has 1 fully saturated rings. The number of ketones is 1. The van der Waals surface area contributed by atoms with Gasteiger partial charge in [0.05, 0.1) is 6.61 Å². The van der Waals surface area contributed by atoms with Crippen LogP contribution in [0.4, 0.5) is 0 Å². The maximum atomic E-state index is 11.8. The first-order valence-electron chi connectivity index (χ1n) is 6.33. The fourth-order valence-corrected chi connectivity index (χ4v) is 3.41. The van der Waals surface area contributed by atoms with Crippen molar-refractivity contribution in [2.24, 2.45) is 5.92 Å². The molecular formula is C12H20O5S. The van der Waals surface area contributed by atoms with Gasteiger partial charge in [0.1, 0.15) is 11.5 Å². The molecular weight excluding hydrogens is 256 g/mol. The van der Waals surface area contributed by atoms with E-state index in [1.54, 1.807) is 6.92 Å². The maximum absolute atomic E-state index is 11.8. The molecule has 18 heavy (non-hydrogen) atoms. The van der Waals surface area contributed by atoms with E-state index in [-0.39, 0.29) is 18.3 Å². The van der Waals surface area contributed by atoms with Crippen LogP contribution in [-0.2, 0) is 24.2 Å². The highest BCUT2D eigenvalue weighted by molar-refractivity contribution is 7.92. The summed E-state index contributed by atoms with van der Waals surface area (Å²) in [6, 6.07) is 0. The molecule has 0 spiro atoms. The quantitative estimate of drug-likeness (QED) is 0.679. The predicted molar refractivity (Wildman–Crippen MR) is 66.9 cm³/mol. The van der Waals surface area contributed by atoms with Crippen LogP contribution in [0.3, 0.4) is 0 Å². The van der Waals surface area contributed by atoms with Crippen molar-refractivity contribution in [2.45, 2.75) is 39.0 Å². The largest absolute Gasteiger partial charge is 0.465 e. The first kappa shape index (κ1) is 15.1. The second kappa shape index (κ2) is 6.87. The zero-order chi connectivity index (χ0) is 13.6. The number of hydrogen-bond donors (Lipinski definition) is 0. The molecule has 1 saturated carbocycles. The minimum Gasteiger partial charge on any atom is -0.465 e. The lowest BCUT2D eigenvalue weighted by atomic mass is 9.87. The van der Waals surface area contributed by atoms with Crippen molar-refractivity contribution in [1.29, 1.82) is 0 Å². The molecule has 0 unspecified atom stereocenters. The second-order valence-corrected chi connectivity index (χ2v) is 6.70. The number of esters is 1. The number of ether oxygens (including phenoxy) is 1. The predicted octanol–water partition coefficient (Wildman–Crippen LogP) is 1.11. The summed E-state index contributed by atoms with van der Waals surface area (Å²) < 4.78 is 27.9. The Kier molecular flexibility index (Phi) is 5.78. The van der Waals surface area contributed by atoms with Gasteiger partial charge in [0.15, 0.2) is 15.6 Å². The molecule has 0 saturated heterocycles. The summed E-state index contributed by atoms with van der Waals surface area (Å²) in [6.45, 7) is 1.75. The summed E-state index contributed by atoms with van der Waals surface area (Å²) in [6.07, 6.45) is 4.61. The molecule has 0 bridgehead atoms. The van der Waals surface area contributed by atoms with E-state index in [4.69, 9.17) is 0 Å². The van der Waals surface area contributed by atoms with Crippen LogP contribution in [0.2, 0.25) is 0 Å². The molecule has 0 aromatic heterocycles. The minimum atomic E-state index is -3.68. The zero-order valence-electron chi connectivity index (χ0n) is 10.7. The fourth-order valence-electron chi connectivity index (χ4n) is 2.19. The molecule has 0 heterocycles. The molecule has 0 radical (unpaired) electrons. The highest BCUT2D eigenvalue weighted by Gasteiger charge is 2.27. The Bertz CT molecular complexity index is 393. The number of carbonyl (C=O) groups is 2. The highest BCUT2D eigenvalue weighted by Crippen LogP contribution is 2.24. The van der Waals surface area contributed by atoms with Crippen molar-refractivity contribution in [1.82, 2.24) is 0 Å². The van der Waals surface area contributed by atoms with Crippen molar-refractivity contribution < 1.29 is 22.7 Å². The van der Waals surface area contributed by atoms with E-state index in [9.17, 15) is 18.0 Å². The summed E-state index contributed by atoms with van der Waals surface area (Å²) in [5.74, 6) is -2.40. The standard InChI is InChI=1S/C12H20O5S/c1-2-17-12(14)9-18(15,16)8-11(13)10-6-4-3-5-7-10/h10H,2-9H2,1H3. The van der Waals surface area contributed by atoms with Crippen molar-refractivity contribution in [2.75, 3.05) is 18.1 Å². The molecule has 1 rings (SSSR count). The van der Waals surface area contributed by atoms with Gasteiger partial charge >= 0.3 is 5.97 Å². The van der Waals surface area contributed by atoms with Gasteiger partial charge in [-0.2, -0.15) is 0 Å². The lowest BCUT2D eigenvalue weighted by Gasteiger charge is -2.19. The van der Waals surface area contributed by atoms with Gasteiger partial charge < -0.3 is 4.74 Å². The van der Waals surface area contributed by atoms with Gasteiger partial charge in [0.2, 0.25) is 0 Å². The van der Waals surface area contributed by atoms with Gasteiger partial charge in [-0.15, -0.1) is 0 Å². The summed E-state index contributed by atoms with van der Waals surface area (Å²) in [4.78, 5) is 22.9. The van der Waals surface area contributed by atoms with Gasteiger partial charge in [0, 0.05) is 5.92 Å². The second-order valence-electron chi connectivity index (χ2n) is 4.64. The Balaban J connectivity index is 2.48. The normalized spacial score (nSPS) is 17.4. The number of Topliss-reactive ketones (excluding diaryl/α,β-unsaturated/α-hetero) is 1. The molecule has 1 aliphatic rings. The van der Waals surface area contributed by atoms with Crippen molar-refractivity contribution in [3.05, 3.63) is 0 Å². The fraction of sp³-hybridized carbons (Fsp3) is 0.833. The number of rotatable bonds is 6. The van der Waals surface area contributed by atoms with Gasteiger partial charge in [-0.05, 0) is 19.8 Å². The van der Waals surface area contributed by atoms with Crippen LogP contribution >= 0.6 is 0 Å². The summed E-state index contributed by atoms with van der Waals surface area (Å²) in [5, 5.41) is 0. The Labute approximate surface area is 108 Å². The van der Waals surface area contributed by atoms with E-state index in [0.717, 1.165) is 32.1 Å². The molecule has 0 amide bonds. The summed E-state index contributed by atoms with van der Waals surface area (Å²) in [7, 11) is -3.68. The zero-order valence-corrected chi connectivity index (χ0v) is 11.5. The van der Waals surface area contributed by atoms with Crippen molar-refractivity contribution in [3.63, 3.8) is 0 Å².